The average molecular weight is 330 g/mol. The molecule has 0 atom stereocenters. The van der Waals surface area contributed by atoms with Crippen molar-refractivity contribution in [1.29, 1.82) is 0 Å². The summed E-state index contributed by atoms with van der Waals surface area (Å²) in [5.74, 6) is 1.38. The minimum atomic E-state index is -0.518. The monoisotopic (exact) mass is 330 g/mol. The van der Waals surface area contributed by atoms with Crippen molar-refractivity contribution in [2.24, 2.45) is 12.8 Å². The second-order valence-corrected chi connectivity index (χ2v) is 6.71. The first-order valence-corrected chi connectivity index (χ1v) is 8.73. The highest BCUT2D eigenvalue weighted by Gasteiger charge is 2.00. The van der Waals surface area contributed by atoms with Gasteiger partial charge in [-0.3, -0.25) is 14.6 Å². The third-order valence-corrected chi connectivity index (χ3v) is 4.76. The molecule has 0 saturated carbocycles. The largest absolute Gasteiger partial charge is 0.352 e. The maximum absolute atomic E-state index is 11.6. The van der Waals surface area contributed by atoms with Crippen LogP contribution in [0.2, 0.25) is 0 Å². The highest BCUT2D eigenvalue weighted by Crippen LogP contribution is 2.18. The fourth-order valence-electron chi connectivity index (χ4n) is 1.31. The number of hydrogen-bond donors (Lipinski definition) is 3. The van der Waals surface area contributed by atoms with E-state index >= 15 is 0 Å². The van der Waals surface area contributed by atoms with Gasteiger partial charge in [0.1, 0.15) is 0 Å². The van der Waals surface area contributed by atoms with Gasteiger partial charge < -0.3 is 15.6 Å². The van der Waals surface area contributed by atoms with Gasteiger partial charge in [-0.05, 0) is 6.08 Å². The summed E-state index contributed by atoms with van der Waals surface area (Å²) in [6.07, 6.45) is 4.03. The highest BCUT2D eigenvalue weighted by atomic mass is 33.1. The summed E-state index contributed by atoms with van der Waals surface area (Å²) in [6.45, 7) is 1.18. The van der Waals surface area contributed by atoms with Crippen molar-refractivity contribution in [2.75, 3.05) is 24.6 Å². The van der Waals surface area contributed by atoms with Crippen molar-refractivity contribution < 1.29 is 4.79 Å². The summed E-state index contributed by atoms with van der Waals surface area (Å²) in [4.78, 5) is 36.4. The van der Waals surface area contributed by atoms with Crippen molar-refractivity contribution in [3.8, 4) is 0 Å². The lowest BCUT2D eigenvalue weighted by atomic mass is 10.3. The molecule has 4 N–H and O–H groups in total. The van der Waals surface area contributed by atoms with Gasteiger partial charge in [-0.15, -0.1) is 0 Å². The SMILES string of the molecule is Cn1cc(/C=C/C(=O)NCCSSCCN)c(=O)[nH]c1=O. The van der Waals surface area contributed by atoms with Crippen LogP contribution in [0.3, 0.4) is 0 Å². The number of aryl methyl sites for hydroxylation is 1. The number of H-pyrrole nitrogens is 1. The van der Waals surface area contributed by atoms with Gasteiger partial charge in [0.25, 0.3) is 5.56 Å². The number of aromatic amines is 1. The summed E-state index contributed by atoms with van der Waals surface area (Å²) in [5, 5.41) is 2.70. The molecule has 0 radical (unpaired) electrons. The van der Waals surface area contributed by atoms with Crippen molar-refractivity contribution in [2.45, 2.75) is 0 Å². The molecule has 7 nitrogen and oxygen atoms in total. The summed E-state index contributed by atoms with van der Waals surface area (Å²) >= 11 is 0. The van der Waals surface area contributed by atoms with Crippen molar-refractivity contribution in [3.63, 3.8) is 0 Å². The number of hydrogen-bond acceptors (Lipinski definition) is 6. The maximum atomic E-state index is 11.6. The molecular formula is C12H18N4O3S2. The van der Waals surface area contributed by atoms with E-state index in [0.29, 0.717) is 13.1 Å². The van der Waals surface area contributed by atoms with E-state index in [1.807, 2.05) is 0 Å². The van der Waals surface area contributed by atoms with E-state index in [1.54, 1.807) is 21.6 Å². The van der Waals surface area contributed by atoms with Gasteiger partial charge in [-0.2, -0.15) is 0 Å². The lowest BCUT2D eigenvalue weighted by molar-refractivity contribution is -0.116. The van der Waals surface area contributed by atoms with Gasteiger partial charge in [0.15, 0.2) is 0 Å². The minimum Gasteiger partial charge on any atom is -0.352 e. The van der Waals surface area contributed by atoms with E-state index in [4.69, 9.17) is 5.73 Å². The molecule has 0 fully saturated rings. The van der Waals surface area contributed by atoms with E-state index in [0.717, 1.165) is 11.5 Å². The highest BCUT2D eigenvalue weighted by molar-refractivity contribution is 8.76. The Morgan fingerprint density at radius 3 is 2.86 bits per heavy atom. The Morgan fingerprint density at radius 1 is 1.43 bits per heavy atom. The van der Waals surface area contributed by atoms with Gasteiger partial charge in [-0.25, -0.2) is 4.79 Å². The molecule has 0 saturated heterocycles. The van der Waals surface area contributed by atoms with Gasteiger partial charge in [0.2, 0.25) is 5.91 Å². The number of nitrogens with two attached hydrogens (primary N) is 1. The van der Waals surface area contributed by atoms with Crippen LogP contribution in [0.25, 0.3) is 6.08 Å². The molecule has 1 aromatic heterocycles. The molecule has 1 aromatic rings. The van der Waals surface area contributed by atoms with Crippen LogP contribution >= 0.6 is 21.6 Å². The van der Waals surface area contributed by atoms with Crippen LogP contribution in [0.5, 0.6) is 0 Å². The molecule has 1 rings (SSSR count). The molecule has 0 aromatic carbocycles. The maximum Gasteiger partial charge on any atom is 0.328 e. The second kappa shape index (κ2) is 9.48. The first-order valence-electron chi connectivity index (χ1n) is 6.25. The van der Waals surface area contributed by atoms with Gasteiger partial charge in [0.05, 0.1) is 5.56 Å². The Balaban J connectivity index is 2.42. The van der Waals surface area contributed by atoms with E-state index in [9.17, 15) is 14.4 Å². The average Bonchev–Trinajstić information content (AvgIpc) is 2.45. The quantitative estimate of drug-likeness (QED) is 0.338. The molecular weight excluding hydrogens is 312 g/mol. The Morgan fingerprint density at radius 2 is 2.14 bits per heavy atom. The first-order chi connectivity index (χ1) is 10.0. The zero-order valence-corrected chi connectivity index (χ0v) is 13.3. The lowest BCUT2D eigenvalue weighted by Gasteiger charge is -2.01. The summed E-state index contributed by atoms with van der Waals surface area (Å²) in [5.41, 5.74) is 4.60. The zero-order valence-electron chi connectivity index (χ0n) is 11.6. The predicted molar refractivity (Wildman–Crippen MR) is 88.3 cm³/mol. The molecule has 9 heteroatoms. The zero-order chi connectivity index (χ0) is 15.7. The van der Waals surface area contributed by atoms with Crippen molar-refractivity contribution in [3.05, 3.63) is 38.7 Å². The first kappa shape index (κ1) is 17.6. The predicted octanol–water partition coefficient (Wildman–Crippen LogP) is -0.457. The molecule has 0 aliphatic rings. The van der Waals surface area contributed by atoms with Crippen LogP contribution in [0.4, 0.5) is 0 Å². The van der Waals surface area contributed by atoms with Gasteiger partial charge >= 0.3 is 5.69 Å². The Bertz CT molecular complexity index is 609. The number of aromatic nitrogens is 2. The molecule has 1 amide bonds. The topological polar surface area (TPSA) is 110 Å². The van der Waals surface area contributed by atoms with E-state index in [-0.39, 0.29) is 11.5 Å². The fourth-order valence-corrected chi connectivity index (χ4v) is 3.07. The van der Waals surface area contributed by atoms with Crippen LogP contribution in [0, 0.1) is 0 Å². The molecule has 116 valence electrons. The third-order valence-electron chi connectivity index (χ3n) is 2.32. The third kappa shape index (κ3) is 6.69. The molecule has 1 heterocycles. The number of amides is 1. The van der Waals surface area contributed by atoms with E-state index in [2.05, 4.69) is 10.3 Å². The molecule has 0 unspecified atom stereocenters. The fraction of sp³-hybridized carbons (Fsp3) is 0.417. The summed E-state index contributed by atoms with van der Waals surface area (Å²) in [7, 11) is 4.83. The van der Waals surface area contributed by atoms with Crippen LogP contribution in [-0.4, -0.2) is 40.1 Å². The normalized spacial score (nSPS) is 11.0. The smallest absolute Gasteiger partial charge is 0.328 e. The summed E-state index contributed by atoms with van der Waals surface area (Å²) in [6, 6.07) is 0. The molecule has 0 aliphatic heterocycles. The number of rotatable bonds is 8. The Labute approximate surface area is 129 Å². The number of nitrogens with one attached hydrogen (secondary N) is 2. The number of carbonyl (C=O) groups excluding carboxylic acids is 1. The van der Waals surface area contributed by atoms with Gasteiger partial charge in [0, 0.05) is 43.9 Å². The standard InChI is InChI=1S/C12H18N4O3S2/c1-16-8-9(11(18)15-12(16)19)2-3-10(17)14-5-7-21-20-6-4-13/h2-3,8H,4-7,13H2,1H3,(H,14,17)(H,15,18,19)/b3-2+. The number of nitrogens with zero attached hydrogens (tertiary/aromatic N) is 1. The number of carbonyl (C=O) groups is 1. The van der Waals surface area contributed by atoms with Crippen LogP contribution < -0.4 is 22.3 Å². The minimum absolute atomic E-state index is 0.250. The molecule has 0 spiro atoms. The Hall–Kier alpha value is -1.45. The Kier molecular flexibility index (Phi) is 7.95. The molecule has 0 aliphatic carbocycles. The van der Waals surface area contributed by atoms with Gasteiger partial charge in [-0.1, -0.05) is 21.6 Å². The summed E-state index contributed by atoms with van der Waals surface area (Å²) < 4.78 is 1.24. The van der Waals surface area contributed by atoms with E-state index in [1.165, 1.54) is 30.0 Å². The van der Waals surface area contributed by atoms with Crippen LogP contribution in [0.15, 0.2) is 21.9 Å². The molecule has 21 heavy (non-hydrogen) atoms. The van der Waals surface area contributed by atoms with Crippen molar-refractivity contribution >= 4 is 33.6 Å². The lowest BCUT2D eigenvalue weighted by Crippen LogP contribution is -2.29. The van der Waals surface area contributed by atoms with Crippen LogP contribution in [-0.2, 0) is 11.8 Å². The van der Waals surface area contributed by atoms with E-state index < -0.39 is 11.2 Å². The van der Waals surface area contributed by atoms with Crippen LogP contribution in [0.1, 0.15) is 5.56 Å². The van der Waals surface area contributed by atoms with Crippen molar-refractivity contribution in [1.82, 2.24) is 14.9 Å². The molecule has 0 bridgehead atoms. The second-order valence-electron chi connectivity index (χ2n) is 4.01.